The van der Waals surface area contributed by atoms with Gasteiger partial charge in [0, 0.05) is 6.61 Å². The first-order chi connectivity index (χ1) is 9.04. The number of fused-ring (bicyclic) bond motifs is 1. The molecule has 0 bridgehead atoms. The third-order valence-corrected chi connectivity index (χ3v) is 3.15. The van der Waals surface area contributed by atoms with Gasteiger partial charge in [-0.25, -0.2) is 0 Å². The van der Waals surface area contributed by atoms with Crippen LogP contribution in [-0.2, 0) is 4.74 Å². The van der Waals surface area contributed by atoms with Crippen molar-refractivity contribution in [1.82, 2.24) is 9.97 Å². The Morgan fingerprint density at radius 1 is 1.63 bits per heavy atom. The number of hydrogen-bond donors (Lipinski definition) is 5. The molecule has 10 heteroatoms. The van der Waals surface area contributed by atoms with E-state index in [1.807, 2.05) is 0 Å². The van der Waals surface area contributed by atoms with Crippen molar-refractivity contribution in [3.8, 4) is 0 Å². The van der Waals surface area contributed by atoms with E-state index in [9.17, 15) is 9.90 Å². The van der Waals surface area contributed by atoms with Crippen molar-refractivity contribution in [1.29, 1.82) is 0 Å². The number of nitrogens with two attached hydrogens (primary N) is 1. The standard InChI is InChI=1S/C9H14BrN5O4/c10-7-12-4-5(13-8(11)14-6(4)17)15(7)9(18)19-3-1-2-16/h7,9,12,16,18H,1-3H2,(H3,11,13,14,17). The van der Waals surface area contributed by atoms with Gasteiger partial charge < -0.3 is 26.0 Å². The number of nitrogens with zero attached hydrogens (tertiary/aromatic N) is 2. The number of nitrogens with one attached hydrogen (secondary N) is 2. The molecule has 2 unspecified atom stereocenters. The smallest absolute Gasteiger partial charge is 0.277 e. The molecule has 1 aliphatic rings. The lowest BCUT2D eigenvalue weighted by atomic mass is 10.4. The molecule has 0 aliphatic carbocycles. The molecular weight excluding hydrogens is 322 g/mol. The lowest BCUT2D eigenvalue weighted by Crippen LogP contribution is -2.42. The summed E-state index contributed by atoms with van der Waals surface area (Å²) in [6, 6.07) is 0. The summed E-state index contributed by atoms with van der Waals surface area (Å²) in [5.74, 6) is 0.138. The molecule has 2 atom stereocenters. The number of halogens is 1. The summed E-state index contributed by atoms with van der Waals surface area (Å²) in [5.41, 5.74) is 5.23. The molecule has 0 saturated carbocycles. The quantitative estimate of drug-likeness (QED) is 0.199. The van der Waals surface area contributed by atoms with Gasteiger partial charge in [0.25, 0.3) is 5.56 Å². The van der Waals surface area contributed by atoms with Crippen LogP contribution in [0.2, 0.25) is 0 Å². The van der Waals surface area contributed by atoms with Gasteiger partial charge >= 0.3 is 0 Å². The van der Waals surface area contributed by atoms with Crippen LogP contribution in [0.5, 0.6) is 0 Å². The lowest BCUT2D eigenvalue weighted by Gasteiger charge is -2.26. The fourth-order valence-corrected chi connectivity index (χ4v) is 2.27. The zero-order valence-corrected chi connectivity index (χ0v) is 11.4. The summed E-state index contributed by atoms with van der Waals surface area (Å²) < 4.78 is 5.13. The first-order valence-electron chi connectivity index (χ1n) is 5.54. The maximum atomic E-state index is 11.7. The van der Waals surface area contributed by atoms with Gasteiger partial charge in [-0.3, -0.25) is 14.7 Å². The van der Waals surface area contributed by atoms with Gasteiger partial charge in [0.1, 0.15) is 5.69 Å². The summed E-state index contributed by atoms with van der Waals surface area (Å²) in [5, 5.41) is 20.8. The molecule has 106 valence electrons. The largest absolute Gasteiger partial charge is 0.396 e. The molecule has 1 aromatic heterocycles. The molecule has 1 aromatic rings. The second-order valence-electron chi connectivity index (χ2n) is 3.81. The number of aliphatic hydroxyl groups excluding tert-OH is 2. The second kappa shape index (κ2) is 5.74. The minimum Gasteiger partial charge on any atom is -0.396 e. The summed E-state index contributed by atoms with van der Waals surface area (Å²) in [6.45, 7) is 0.131. The van der Waals surface area contributed by atoms with E-state index in [0.717, 1.165) is 0 Å². The molecule has 0 aromatic carbocycles. The Labute approximate surface area is 116 Å². The third-order valence-electron chi connectivity index (χ3n) is 2.48. The van der Waals surface area contributed by atoms with Gasteiger partial charge in [0.2, 0.25) is 12.4 Å². The maximum Gasteiger partial charge on any atom is 0.277 e. The van der Waals surface area contributed by atoms with E-state index in [4.69, 9.17) is 15.6 Å². The van der Waals surface area contributed by atoms with Crippen LogP contribution in [0.15, 0.2) is 4.79 Å². The Morgan fingerprint density at radius 2 is 2.37 bits per heavy atom. The van der Waals surface area contributed by atoms with Crippen LogP contribution in [0, 0.1) is 0 Å². The number of hydrogen-bond acceptors (Lipinski definition) is 8. The average molecular weight is 336 g/mol. The summed E-state index contributed by atoms with van der Waals surface area (Å²) in [6.07, 6.45) is -0.929. The van der Waals surface area contributed by atoms with Crippen LogP contribution < -0.4 is 21.5 Å². The molecule has 0 fully saturated rings. The van der Waals surface area contributed by atoms with Crippen LogP contribution in [0.3, 0.4) is 0 Å². The minimum atomic E-state index is -1.32. The fourth-order valence-electron chi connectivity index (χ4n) is 1.64. The molecule has 0 amide bonds. The van der Waals surface area contributed by atoms with Crippen LogP contribution in [-0.4, -0.2) is 44.9 Å². The van der Waals surface area contributed by atoms with Crippen molar-refractivity contribution in [3.05, 3.63) is 10.4 Å². The molecule has 9 nitrogen and oxygen atoms in total. The number of H-pyrrole nitrogens is 1. The molecule has 2 rings (SSSR count). The van der Waals surface area contributed by atoms with E-state index in [1.165, 1.54) is 4.90 Å². The zero-order chi connectivity index (χ0) is 14.0. The molecule has 19 heavy (non-hydrogen) atoms. The van der Waals surface area contributed by atoms with Gasteiger partial charge in [0.05, 0.1) is 6.61 Å². The highest BCUT2D eigenvalue weighted by Gasteiger charge is 2.35. The fraction of sp³-hybridized carbons (Fsp3) is 0.556. The van der Waals surface area contributed by atoms with Crippen LogP contribution in [0.4, 0.5) is 17.5 Å². The number of aromatic nitrogens is 2. The average Bonchev–Trinajstić information content (AvgIpc) is 2.66. The number of aliphatic hydroxyl groups is 2. The minimum absolute atomic E-state index is 0.0375. The van der Waals surface area contributed by atoms with E-state index in [-0.39, 0.29) is 30.7 Å². The van der Waals surface area contributed by atoms with Gasteiger partial charge in [-0.1, -0.05) is 0 Å². The van der Waals surface area contributed by atoms with E-state index in [2.05, 4.69) is 31.2 Å². The van der Waals surface area contributed by atoms with Gasteiger partial charge in [-0.05, 0) is 22.4 Å². The van der Waals surface area contributed by atoms with Crippen molar-refractivity contribution in [2.45, 2.75) is 17.9 Å². The predicted molar refractivity (Wildman–Crippen MR) is 71.7 cm³/mol. The first kappa shape index (κ1) is 14.1. The maximum absolute atomic E-state index is 11.7. The van der Waals surface area contributed by atoms with E-state index in [0.29, 0.717) is 6.42 Å². The highest BCUT2D eigenvalue weighted by Crippen LogP contribution is 2.33. The molecule has 6 N–H and O–H groups in total. The zero-order valence-electron chi connectivity index (χ0n) is 9.84. The molecule has 2 heterocycles. The number of aromatic amines is 1. The monoisotopic (exact) mass is 335 g/mol. The van der Waals surface area contributed by atoms with Crippen LogP contribution >= 0.6 is 15.9 Å². The summed E-state index contributed by atoms with van der Waals surface area (Å²) in [7, 11) is 0. The summed E-state index contributed by atoms with van der Waals surface area (Å²) >= 11 is 3.25. The van der Waals surface area contributed by atoms with Gasteiger partial charge in [-0.2, -0.15) is 4.98 Å². The van der Waals surface area contributed by atoms with Crippen molar-refractivity contribution in [2.24, 2.45) is 0 Å². The van der Waals surface area contributed by atoms with Crippen molar-refractivity contribution in [2.75, 3.05) is 29.2 Å². The summed E-state index contributed by atoms with van der Waals surface area (Å²) in [4.78, 5) is 19.3. The van der Waals surface area contributed by atoms with Crippen molar-refractivity contribution in [3.63, 3.8) is 0 Å². The van der Waals surface area contributed by atoms with Crippen LogP contribution in [0.1, 0.15) is 6.42 Å². The highest BCUT2D eigenvalue weighted by molar-refractivity contribution is 9.09. The number of nitrogen functional groups attached to an aromatic ring is 1. The number of alkyl halides is 1. The lowest BCUT2D eigenvalue weighted by molar-refractivity contribution is -0.101. The van der Waals surface area contributed by atoms with Crippen molar-refractivity contribution < 1.29 is 14.9 Å². The Balaban J connectivity index is 2.22. The molecule has 1 aliphatic heterocycles. The Bertz CT molecular complexity index is 510. The van der Waals surface area contributed by atoms with Crippen LogP contribution in [0.25, 0.3) is 0 Å². The van der Waals surface area contributed by atoms with E-state index in [1.54, 1.807) is 0 Å². The normalized spacial score (nSPS) is 19.1. The highest BCUT2D eigenvalue weighted by atomic mass is 79.9. The Morgan fingerprint density at radius 3 is 3.05 bits per heavy atom. The predicted octanol–water partition coefficient (Wildman–Crippen LogP) is -1.06. The number of rotatable bonds is 5. The topological polar surface area (TPSA) is 137 Å². The van der Waals surface area contributed by atoms with Crippen molar-refractivity contribution >= 4 is 33.4 Å². The van der Waals surface area contributed by atoms with E-state index >= 15 is 0 Å². The Hall–Kier alpha value is -1.36. The first-order valence-corrected chi connectivity index (χ1v) is 6.45. The molecular formula is C9H14BrN5O4. The van der Waals surface area contributed by atoms with Gasteiger partial charge in [0.15, 0.2) is 10.9 Å². The molecule has 0 saturated heterocycles. The number of ether oxygens (including phenoxy) is 1. The molecule has 0 spiro atoms. The number of anilines is 3. The molecule has 0 radical (unpaired) electrons. The third kappa shape index (κ3) is 2.81. The van der Waals surface area contributed by atoms with Gasteiger partial charge in [-0.15, -0.1) is 0 Å². The van der Waals surface area contributed by atoms with E-state index < -0.39 is 17.0 Å². The Kier molecular flexibility index (Phi) is 4.24. The SMILES string of the molecule is Nc1nc2c(c(=O)[nH]1)NC(Br)N2C(O)OCCCO. The second-order valence-corrected chi connectivity index (χ2v) is 4.68.